The van der Waals surface area contributed by atoms with E-state index in [2.05, 4.69) is 186 Å². The van der Waals surface area contributed by atoms with Crippen LogP contribution in [0.3, 0.4) is 0 Å². The minimum Gasteiger partial charge on any atom is -0.456 e. The molecule has 0 fully saturated rings. The smallest absolute Gasteiger partial charge is 0.162 e. The Morgan fingerprint density at radius 3 is 1.78 bits per heavy atom. The van der Waals surface area contributed by atoms with Crippen LogP contribution < -0.4 is 0 Å². The zero-order valence-electron chi connectivity index (χ0n) is 34.3. The van der Waals surface area contributed by atoms with Crippen LogP contribution in [0.2, 0.25) is 0 Å². The fourth-order valence-corrected chi connectivity index (χ4v) is 11.4. The van der Waals surface area contributed by atoms with Crippen LogP contribution in [0.1, 0.15) is 52.7 Å². The molecule has 0 saturated heterocycles. The summed E-state index contributed by atoms with van der Waals surface area (Å²) in [6.07, 6.45) is 0. The van der Waals surface area contributed by atoms with E-state index in [-0.39, 0.29) is 10.8 Å². The molecule has 0 N–H and O–H groups in total. The van der Waals surface area contributed by atoms with E-state index >= 15 is 0 Å². The first-order valence-corrected chi connectivity index (χ1v) is 22.3. The van der Waals surface area contributed by atoms with Crippen molar-refractivity contribution in [1.82, 2.24) is 14.5 Å². The highest BCUT2D eigenvalue weighted by Gasteiger charge is 2.23. The Kier molecular flexibility index (Phi) is 7.47. The molecule has 5 heterocycles. The van der Waals surface area contributed by atoms with Gasteiger partial charge < -0.3 is 4.42 Å². The first-order valence-electron chi connectivity index (χ1n) is 20.6. The number of rotatable bonds is 3. The van der Waals surface area contributed by atoms with Gasteiger partial charge in [0.1, 0.15) is 17.0 Å². The van der Waals surface area contributed by atoms with Crippen molar-refractivity contribution in [3.63, 3.8) is 0 Å². The van der Waals surface area contributed by atoms with E-state index < -0.39 is 0 Å². The molecule has 60 heavy (non-hydrogen) atoms. The summed E-state index contributed by atoms with van der Waals surface area (Å²) in [7, 11) is 0. The number of hydrogen-bond acceptors (Lipinski definition) is 5. The van der Waals surface area contributed by atoms with Crippen molar-refractivity contribution in [2.45, 2.75) is 52.4 Å². The van der Waals surface area contributed by atoms with E-state index in [1.54, 1.807) is 0 Å². The molecule has 0 aliphatic rings. The lowest BCUT2D eigenvalue weighted by Crippen LogP contribution is -2.10. The Morgan fingerprint density at radius 1 is 0.450 bits per heavy atom. The van der Waals surface area contributed by atoms with Crippen LogP contribution in [0.5, 0.6) is 0 Å². The maximum Gasteiger partial charge on any atom is 0.162 e. The molecular formula is C54H41N3OS2. The first kappa shape index (κ1) is 35.6. The summed E-state index contributed by atoms with van der Waals surface area (Å²) in [5.74, 6) is 1.51. The minimum atomic E-state index is 0.00152. The summed E-state index contributed by atoms with van der Waals surface area (Å²) < 4.78 is 13.9. The molecular weight excluding hydrogens is 771 g/mol. The van der Waals surface area contributed by atoms with Gasteiger partial charge in [-0.05, 0) is 94.8 Å². The third-order valence-electron chi connectivity index (χ3n) is 12.3. The van der Waals surface area contributed by atoms with Gasteiger partial charge in [0, 0.05) is 79.1 Å². The predicted octanol–water partition coefficient (Wildman–Crippen LogP) is 16.1. The second-order valence-corrected chi connectivity index (χ2v) is 20.4. The van der Waals surface area contributed by atoms with E-state index in [1.807, 2.05) is 22.7 Å². The molecule has 0 aliphatic heterocycles. The quantitative estimate of drug-likeness (QED) is 0.178. The molecule has 5 aromatic heterocycles. The Hall–Kier alpha value is -6.34. The molecule has 0 amide bonds. The van der Waals surface area contributed by atoms with E-state index in [0.717, 1.165) is 55.6 Å². The second-order valence-electron chi connectivity index (χ2n) is 18.3. The fourth-order valence-electron chi connectivity index (χ4n) is 9.14. The Morgan fingerprint density at radius 2 is 1.07 bits per heavy atom. The molecule has 12 aromatic rings. The van der Waals surface area contributed by atoms with Crippen molar-refractivity contribution in [1.29, 1.82) is 0 Å². The van der Waals surface area contributed by atoms with Crippen molar-refractivity contribution >= 4 is 107 Å². The van der Waals surface area contributed by atoms with E-state index in [1.165, 1.54) is 62.2 Å². The van der Waals surface area contributed by atoms with Gasteiger partial charge >= 0.3 is 0 Å². The largest absolute Gasteiger partial charge is 0.456 e. The molecule has 0 atom stereocenters. The molecule has 0 unspecified atom stereocenters. The fraction of sp³-hybridized carbons (Fsp3) is 0.148. The van der Waals surface area contributed by atoms with Gasteiger partial charge in [0.25, 0.3) is 0 Å². The van der Waals surface area contributed by atoms with E-state index in [0.29, 0.717) is 5.82 Å². The molecule has 0 radical (unpaired) electrons. The van der Waals surface area contributed by atoms with Gasteiger partial charge in [0.2, 0.25) is 0 Å². The van der Waals surface area contributed by atoms with E-state index in [4.69, 9.17) is 14.4 Å². The molecule has 6 heteroatoms. The molecule has 0 saturated carbocycles. The third-order valence-corrected chi connectivity index (χ3v) is 14.6. The maximum atomic E-state index is 6.54. The molecule has 4 nitrogen and oxygen atoms in total. The van der Waals surface area contributed by atoms with Gasteiger partial charge in [-0.15, -0.1) is 22.7 Å². The van der Waals surface area contributed by atoms with Crippen LogP contribution in [0.4, 0.5) is 0 Å². The van der Waals surface area contributed by atoms with Gasteiger partial charge in [-0.3, -0.25) is 4.57 Å². The number of fused-ring (bicyclic) bond motifs is 13. The number of hydrogen-bond donors (Lipinski definition) is 0. The van der Waals surface area contributed by atoms with Crippen molar-refractivity contribution < 1.29 is 4.42 Å². The lowest BCUT2D eigenvalue weighted by Gasteiger charge is -2.19. The average molecular weight is 812 g/mol. The number of benzene rings is 7. The summed E-state index contributed by atoms with van der Waals surface area (Å²) in [5.41, 5.74) is 9.51. The van der Waals surface area contributed by atoms with Crippen molar-refractivity contribution in [3.05, 3.63) is 151 Å². The minimum absolute atomic E-state index is 0.00152. The molecule has 0 spiro atoms. The molecule has 0 bridgehead atoms. The highest BCUT2D eigenvalue weighted by Crippen LogP contribution is 2.44. The monoisotopic (exact) mass is 811 g/mol. The second kappa shape index (κ2) is 12.6. The maximum absolute atomic E-state index is 6.54. The standard InChI is InChI=1S/C54H41N3OS2/c1-53(2,3)32-17-20-41-37(27-32)38-28-33(54(4,5)6)18-21-42(38)57(41)49-29-40(30-15-19-35-34-11-7-9-13-45(34)60-48(35)26-30)55-52(56-49)31-16-22-43-39(25-31)50-44(58-43)23-24-47-51(50)36-12-8-10-14-46(36)59-47/h7-29H,1-6H3. The van der Waals surface area contributed by atoms with Crippen LogP contribution in [-0.2, 0) is 10.8 Å². The van der Waals surface area contributed by atoms with Crippen LogP contribution in [0.25, 0.3) is 113 Å². The number of aromatic nitrogens is 3. The lowest BCUT2D eigenvalue weighted by molar-refractivity contribution is 0.590. The lowest BCUT2D eigenvalue weighted by atomic mass is 9.85. The normalized spacial score (nSPS) is 12.8. The van der Waals surface area contributed by atoms with Crippen LogP contribution in [-0.4, -0.2) is 14.5 Å². The summed E-state index contributed by atoms with van der Waals surface area (Å²) in [6.45, 7) is 13.7. The zero-order chi connectivity index (χ0) is 40.7. The van der Waals surface area contributed by atoms with Crippen LogP contribution >= 0.6 is 22.7 Å². The van der Waals surface area contributed by atoms with Crippen LogP contribution in [0, 0.1) is 0 Å². The van der Waals surface area contributed by atoms with Crippen molar-refractivity contribution in [2.75, 3.05) is 0 Å². The van der Waals surface area contributed by atoms with E-state index in [9.17, 15) is 0 Å². The summed E-state index contributed by atoms with van der Waals surface area (Å²) in [5, 5.41) is 9.72. The average Bonchev–Trinajstić information content (AvgIpc) is 4.00. The SMILES string of the molecule is CC(C)(C)c1ccc2c(c1)c1cc(C(C)(C)C)ccc1n2-c1cc(-c2ccc3c(c2)sc2ccccc23)nc(-c2ccc3oc4ccc5sc6ccccc6c5c4c3c2)n1. The third kappa shape index (κ3) is 5.40. The summed E-state index contributed by atoms with van der Waals surface area (Å²) in [4.78, 5) is 10.9. The molecule has 0 aliphatic carbocycles. The van der Waals surface area contributed by atoms with Crippen molar-refractivity contribution in [3.8, 4) is 28.5 Å². The Balaban J connectivity index is 1.14. The van der Waals surface area contributed by atoms with Crippen LogP contribution in [0.15, 0.2) is 144 Å². The zero-order valence-corrected chi connectivity index (χ0v) is 36.0. The summed E-state index contributed by atoms with van der Waals surface area (Å²) in [6, 6.07) is 51.0. The van der Waals surface area contributed by atoms with Gasteiger partial charge in [0.15, 0.2) is 5.82 Å². The van der Waals surface area contributed by atoms with Gasteiger partial charge in [-0.25, -0.2) is 9.97 Å². The molecule has 12 rings (SSSR count). The molecule has 290 valence electrons. The summed E-state index contributed by atoms with van der Waals surface area (Å²) >= 11 is 3.66. The topological polar surface area (TPSA) is 43.9 Å². The Labute approximate surface area is 355 Å². The van der Waals surface area contributed by atoms with Gasteiger partial charge in [-0.2, -0.15) is 0 Å². The number of nitrogens with zero attached hydrogens (tertiary/aromatic N) is 3. The van der Waals surface area contributed by atoms with Gasteiger partial charge in [0.05, 0.1) is 16.7 Å². The van der Waals surface area contributed by atoms with Crippen molar-refractivity contribution in [2.24, 2.45) is 0 Å². The highest BCUT2D eigenvalue weighted by atomic mass is 32.1. The highest BCUT2D eigenvalue weighted by molar-refractivity contribution is 7.26. The molecule has 7 aromatic carbocycles. The number of furan rings is 1. The first-order chi connectivity index (χ1) is 29.0. The Bertz CT molecular complexity index is 3680. The number of thiophene rings is 2. The van der Waals surface area contributed by atoms with Gasteiger partial charge in [-0.1, -0.05) is 102 Å². The predicted molar refractivity (Wildman–Crippen MR) is 258 cm³/mol.